The third-order valence-corrected chi connectivity index (χ3v) is 1.95. The van der Waals surface area contributed by atoms with Gasteiger partial charge in [-0.25, -0.2) is 4.79 Å². The highest BCUT2D eigenvalue weighted by molar-refractivity contribution is 5.91. The molecule has 0 aromatic heterocycles. The molecule has 1 aromatic rings. The summed E-state index contributed by atoms with van der Waals surface area (Å²) >= 11 is 0. The van der Waals surface area contributed by atoms with E-state index in [1.807, 2.05) is 20.8 Å². The lowest BCUT2D eigenvalue weighted by Crippen LogP contribution is -2.43. The summed E-state index contributed by atoms with van der Waals surface area (Å²) in [4.78, 5) is 22.4. The molecule has 18 heavy (non-hydrogen) atoms. The molecule has 1 aromatic carbocycles. The van der Waals surface area contributed by atoms with Gasteiger partial charge >= 0.3 is 6.03 Å². The third kappa shape index (κ3) is 5.34. The van der Waals surface area contributed by atoms with Crippen molar-refractivity contribution in [2.45, 2.75) is 33.2 Å². The van der Waals surface area contributed by atoms with Gasteiger partial charge in [0.05, 0.1) is 0 Å². The van der Waals surface area contributed by atoms with Gasteiger partial charge in [0.2, 0.25) is 5.91 Å². The second kappa shape index (κ2) is 5.53. The Kier molecular flexibility index (Phi) is 4.31. The zero-order chi connectivity index (χ0) is 13.8. The number of benzene rings is 1. The fourth-order valence-corrected chi connectivity index (χ4v) is 1.34. The van der Waals surface area contributed by atoms with Crippen LogP contribution in [0.2, 0.25) is 0 Å². The molecular weight excluding hydrogens is 230 g/mol. The zero-order valence-electron chi connectivity index (χ0n) is 11.1. The van der Waals surface area contributed by atoms with Crippen LogP contribution in [0, 0.1) is 0 Å². The average molecular weight is 249 g/mol. The molecule has 1 rings (SSSR count). The maximum atomic E-state index is 11.6. The van der Waals surface area contributed by atoms with E-state index in [0.29, 0.717) is 11.4 Å². The second-order valence-corrected chi connectivity index (χ2v) is 5.09. The van der Waals surface area contributed by atoms with Crippen molar-refractivity contribution in [3.8, 4) is 0 Å². The summed E-state index contributed by atoms with van der Waals surface area (Å²) in [5.41, 5.74) is 1.09. The minimum atomic E-state index is -0.278. The van der Waals surface area contributed by atoms with Crippen LogP contribution in [0.1, 0.15) is 27.7 Å². The van der Waals surface area contributed by atoms with Crippen LogP contribution < -0.4 is 16.0 Å². The molecule has 5 nitrogen and oxygen atoms in total. The summed E-state index contributed by atoms with van der Waals surface area (Å²) < 4.78 is 0. The van der Waals surface area contributed by atoms with Crippen molar-refractivity contribution in [2.24, 2.45) is 0 Å². The lowest BCUT2D eigenvalue weighted by atomic mass is 10.1. The van der Waals surface area contributed by atoms with Crippen LogP contribution in [0.5, 0.6) is 0 Å². The van der Waals surface area contributed by atoms with Crippen molar-refractivity contribution < 1.29 is 9.59 Å². The van der Waals surface area contributed by atoms with Gasteiger partial charge < -0.3 is 16.0 Å². The minimum Gasteiger partial charge on any atom is -0.333 e. The Bertz CT molecular complexity index is 433. The molecule has 0 aliphatic carbocycles. The number of urea groups is 1. The van der Waals surface area contributed by atoms with Crippen LogP contribution in [-0.2, 0) is 4.79 Å². The Morgan fingerprint density at radius 3 is 1.78 bits per heavy atom. The van der Waals surface area contributed by atoms with Crippen molar-refractivity contribution in [3.05, 3.63) is 24.3 Å². The first-order valence-electron chi connectivity index (χ1n) is 5.73. The fourth-order valence-electron chi connectivity index (χ4n) is 1.34. The number of carbonyl (C=O) groups is 2. The Morgan fingerprint density at radius 2 is 1.39 bits per heavy atom. The summed E-state index contributed by atoms with van der Waals surface area (Å²) in [7, 11) is 0. The van der Waals surface area contributed by atoms with Crippen molar-refractivity contribution in [1.82, 2.24) is 5.32 Å². The molecule has 98 valence electrons. The van der Waals surface area contributed by atoms with E-state index in [2.05, 4.69) is 16.0 Å². The van der Waals surface area contributed by atoms with Crippen LogP contribution in [-0.4, -0.2) is 17.5 Å². The molecule has 0 heterocycles. The van der Waals surface area contributed by atoms with E-state index >= 15 is 0 Å². The lowest BCUT2D eigenvalue weighted by molar-refractivity contribution is -0.114. The second-order valence-electron chi connectivity index (χ2n) is 5.09. The number of amides is 3. The SMILES string of the molecule is CC(=O)Nc1ccc(NC(=O)NC(C)(C)C)cc1. The predicted molar refractivity (Wildman–Crippen MR) is 72.7 cm³/mol. The molecule has 0 fully saturated rings. The highest BCUT2D eigenvalue weighted by atomic mass is 16.2. The summed E-state index contributed by atoms with van der Waals surface area (Å²) in [6.45, 7) is 7.17. The standard InChI is InChI=1S/C13H19N3O2/c1-9(17)14-10-5-7-11(8-6-10)15-12(18)16-13(2,3)4/h5-8H,1-4H3,(H,14,17)(H2,15,16,18). The van der Waals surface area contributed by atoms with Crippen molar-refractivity contribution in [1.29, 1.82) is 0 Å². The highest BCUT2D eigenvalue weighted by Gasteiger charge is 2.13. The molecule has 0 saturated heterocycles. The maximum absolute atomic E-state index is 11.6. The summed E-state index contributed by atoms with van der Waals surface area (Å²) in [5, 5.41) is 8.17. The van der Waals surface area contributed by atoms with Gasteiger partial charge in [-0.3, -0.25) is 4.79 Å². The molecule has 0 bridgehead atoms. The lowest BCUT2D eigenvalue weighted by Gasteiger charge is -2.20. The fraction of sp³-hybridized carbons (Fsp3) is 0.385. The van der Waals surface area contributed by atoms with Crippen LogP contribution in [0.15, 0.2) is 24.3 Å². The Hall–Kier alpha value is -2.04. The van der Waals surface area contributed by atoms with Gasteiger partial charge in [0, 0.05) is 23.8 Å². The number of rotatable bonds is 2. The third-order valence-electron chi connectivity index (χ3n) is 1.95. The van der Waals surface area contributed by atoms with Gasteiger partial charge in [-0.15, -0.1) is 0 Å². The first-order valence-corrected chi connectivity index (χ1v) is 5.73. The molecule has 0 atom stereocenters. The largest absolute Gasteiger partial charge is 0.333 e. The number of nitrogens with one attached hydrogen (secondary N) is 3. The van der Waals surface area contributed by atoms with Crippen LogP contribution >= 0.6 is 0 Å². The van der Waals surface area contributed by atoms with Crippen LogP contribution in [0.4, 0.5) is 16.2 Å². The molecular formula is C13H19N3O2. The van der Waals surface area contributed by atoms with Gasteiger partial charge in [0.15, 0.2) is 0 Å². The average Bonchev–Trinajstić information content (AvgIpc) is 2.17. The van der Waals surface area contributed by atoms with E-state index in [0.717, 1.165) is 0 Å². The molecule has 3 N–H and O–H groups in total. The van der Waals surface area contributed by atoms with Gasteiger partial charge in [-0.05, 0) is 45.0 Å². The molecule has 0 spiro atoms. The molecule has 3 amide bonds. The number of carbonyl (C=O) groups excluding carboxylic acids is 2. The van der Waals surface area contributed by atoms with Gasteiger partial charge in [0.25, 0.3) is 0 Å². The van der Waals surface area contributed by atoms with E-state index in [1.165, 1.54) is 6.92 Å². The summed E-state index contributed by atoms with van der Waals surface area (Å²) in [6, 6.07) is 6.67. The molecule has 0 aliphatic rings. The topological polar surface area (TPSA) is 70.2 Å². The zero-order valence-corrected chi connectivity index (χ0v) is 11.1. The minimum absolute atomic E-state index is 0.124. The van der Waals surface area contributed by atoms with Crippen LogP contribution in [0.25, 0.3) is 0 Å². The monoisotopic (exact) mass is 249 g/mol. The molecule has 0 unspecified atom stereocenters. The predicted octanol–water partition coefficient (Wildman–Crippen LogP) is 2.57. The van der Waals surface area contributed by atoms with Gasteiger partial charge in [0.1, 0.15) is 0 Å². The normalized spacial score (nSPS) is 10.7. The first-order chi connectivity index (χ1) is 8.26. The van der Waals surface area contributed by atoms with Crippen molar-refractivity contribution in [2.75, 3.05) is 10.6 Å². The van der Waals surface area contributed by atoms with E-state index in [4.69, 9.17) is 0 Å². The molecule has 5 heteroatoms. The van der Waals surface area contributed by atoms with Crippen molar-refractivity contribution in [3.63, 3.8) is 0 Å². The van der Waals surface area contributed by atoms with Crippen LogP contribution in [0.3, 0.4) is 0 Å². The quantitative estimate of drug-likeness (QED) is 0.754. The molecule has 0 radical (unpaired) electrons. The van der Waals surface area contributed by atoms with E-state index < -0.39 is 0 Å². The number of hydrogen-bond donors (Lipinski definition) is 3. The van der Waals surface area contributed by atoms with Gasteiger partial charge in [-0.1, -0.05) is 0 Å². The number of anilines is 2. The molecule has 0 aliphatic heterocycles. The van der Waals surface area contributed by atoms with E-state index in [9.17, 15) is 9.59 Å². The van der Waals surface area contributed by atoms with Crippen molar-refractivity contribution >= 4 is 23.3 Å². The number of hydrogen-bond acceptors (Lipinski definition) is 2. The van der Waals surface area contributed by atoms with E-state index in [-0.39, 0.29) is 17.5 Å². The summed E-state index contributed by atoms with van der Waals surface area (Å²) in [6.07, 6.45) is 0. The molecule has 0 saturated carbocycles. The summed E-state index contributed by atoms with van der Waals surface area (Å²) in [5.74, 6) is -0.124. The highest BCUT2D eigenvalue weighted by Crippen LogP contribution is 2.13. The Balaban J connectivity index is 2.58. The Labute approximate surface area is 107 Å². The Morgan fingerprint density at radius 1 is 0.944 bits per heavy atom. The van der Waals surface area contributed by atoms with Gasteiger partial charge in [-0.2, -0.15) is 0 Å². The smallest absolute Gasteiger partial charge is 0.319 e. The van der Waals surface area contributed by atoms with E-state index in [1.54, 1.807) is 24.3 Å². The maximum Gasteiger partial charge on any atom is 0.319 e. The first kappa shape index (κ1) is 14.0.